The second-order valence-corrected chi connectivity index (χ2v) is 7.50. The van der Waals surface area contributed by atoms with Gasteiger partial charge in [0.2, 0.25) is 0 Å². The smallest absolute Gasteiger partial charge is 0.145 e. The summed E-state index contributed by atoms with van der Waals surface area (Å²) in [5.74, 6) is 0.503. The van der Waals surface area contributed by atoms with Crippen LogP contribution in [0.1, 0.15) is 17.5 Å². The van der Waals surface area contributed by atoms with Crippen LogP contribution in [0.25, 0.3) is 0 Å². The molecule has 0 bridgehead atoms. The Kier molecular flexibility index (Phi) is 8.58. The van der Waals surface area contributed by atoms with Crippen LogP contribution in [0.3, 0.4) is 0 Å². The molecule has 0 spiro atoms. The summed E-state index contributed by atoms with van der Waals surface area (Å²) in [4.78, 5) is 7.76. The van der Waals surface area contributed by atoms with Gasteiger partial charge in [-0.1, -0.05) is 35.5 Å². The number of ether oxygens (including phenoxy) is 2. The van der Waals surface area contributed by atoms with Gasteiger partial charge in [-0.25, -0.2) is 4.39 Å². The summed E-state index contributed by atoms with van der Waals surface area (Å²) in [6.45, 7) is 5.84. The zero-order valence-electron chi connectivity index (χ0n) is 17.7. The maximum absolute atomic E-state index is 13.2. The Hall–Kier alpha value is -2.74. The first-order valence-corrected chi connectivity index (χ1v) is 10.3. The van der Waals surface area contributed by atoms with Crippen molar-refractivity contribution in [3.05, 3.63) is 78.1 Å². The van der Waals surface area contributed by atoms with E-state index in [2.05, 4.69) is 16.6 Å². The minimum atomic E-state index is -0.649. The van der Waals surface area contributed by atoms with Crippen LogP contribution >= 0.6 is 0 Å². The van der Waals surface area contributed by atoms with Gasteiger partial charge in [-0.05, 0) is 35.4 Å². The van der Waals surface area contributed by atoms with Crippen LogP contribution in [0.2, 0.25) is 0 Å². The Balaban J connectivity index is 1.63. The molecule has 2 atom stereocenters. The van der Waals surface area contributed by atoms with Crippen LogP contribution in [-0.4, -0.2) is 61.3 Å². The quantitative estimate of drug-likeness (QED) is 0.415. The molecule has 0 saturated heterocycles. The predicted octanol–water partition coefficient (Wildman–Crippen LogP) is 3.39. The molecule has 0 aromatic heterocycles. The molecule has 2 aromatic carbocycles. The minimum Gasteiger partial charge on any atom is -0.497 e. The average Bonchev–Trinajstić information content (AvgIpc) is 3.23. The van der Waals surface area contributed by atoms with Crippen molar-refractivity contribution in [2.45, 2.75) is 25.2 Å². The van der Waals surface area contributed by atoms with Crippen molar-refractivity contribution >= 4 is 5.71 Å². The molecular formula is C24H29FN2O4. The van der Waals surface area contributed by atoms with Crippen molar-refractivity contribution in [3.63, 3.8) is 0 Å². The molecule has 6 nitrogen and oxygen atoms in total. The molecule has 0 fully saturated rings. The molecular weight excluding hydrogens is 399 g/mol. The van der Waals surface area contributed by atoms with Crippen LogP contribution in [0.4, 0.5) is 4.39 Å². The highest BCUT2D eigenvalue weighted by Crippen LogP contribution is 2.20. The Morgan fingerprint density at radius 1 is 1.32 bits per heavy atom. The summed E-state index contributed by atoms with van der Waals surface area (Å²) >= 11 is 0. The van der Waals surface area contributed by atoms with Gasteiger partial charge in [-0.15, -0.1) is 6.58 Å². The van der Waals surface area contributed by atoms with Crippen LogP contribution < -0.4 is 4.74 Å². The van der Waals surface area contributed by atoms with Gasteiger partial charge in [-0.3, -0.25) is 4.90 Å². The number of oxime groups is 1. The van der Waals surface area contributed by atoms with E-state index in [1.165, 1.54) is 12.1 Å². The maximum Gasteiger partial charge on any atom is 0.145 e. The fourth-order valence-electron chi connectivity index (χ4n) is 3.50. The summed E-state index contributed by atoms with van der Waals surface area (Å²) in [6, 6.07) is 14.1. The number of aliphatic hydroxyl groups excluding tert-OH is 1. The van der Waals surface area contributed by atoms with Crippen molar-refractivity contribution in [1.82, 2.24) is 4.90 Å². The largest absolute Gasteiger partial charge is 0.497 e. The molecule has 0 saturated carbocycles. The lowest BCUT2D eigenvalue weighted by molar-refractivity contribution is 0.00335. The van der Waals surface area contributed by atoms with Crippen LogP contribution in [0, 0.1) is 5.82 Å². The van der Waals surface area contributed by atoms with Crippen LogP contribution in [0.15, 0.2) is 66.3 Å². The molecule has 1 heterocycles. The van der Waals surface area contributed by atoms with Crippen molar-refractivity contribution in [2.24, 2.45) is 5.16 Å². The second kappa shape index (κ2) is 11.6. The van der Waals surface area contributed by atoms with E-state index >= 15 is 0 Å². The van der Waals surface area contributed by atoms with E-state index in [0.717, 1.165) is 22.6 Å². The summed E-state index contributed by atoms with van der Waals surface area (Å²) in [5.41, 5.74) is 2.71. The highest BCUT2D eigenvalue weighted by atomic mass is 19.1. The van der Waals surface area contributed by atoms with E-state index < -0.39 is 6.10 Å². The average molecular weight is 429 g/mol. The molecule has 1 aliphatic rings. The Bertz CT molecular complexity index is 872. The molecule has 0 amide bonds. The summed E-state index contributed by atoms with van der Waals surface area (Å²) in [6.07, 6.45) is 1.46. The Morgan fingerprint density at radius 3 is 2.87 bits per heavy atom. The van der Waals surface area contributed by atoms with Gasteiger partial charge in [0, 0.05) is 26.1 Å². The zero-order chi connectivity index (χ0) is 22.1. The van der Waals surface area contributed by atoms with Crippen molar-refractivity contribution in [1.29, 1.82) is 0 Å². The lowest BCUT2D eigenvalue weighted by Crippen LogP contribution is -2.39. The third-order valence-corrected chi connectivity index (χ3v) is 4.93. The summed E-state index contributed by atoms with van der Waals surface area (Å²) in [7, 11) is 1.64. The molecule has 166 valence electrons. The Labute approximate surface area is 182 Å². The third-order valence-electron chi connectivity index (χ3n) is 4.93. The van der Waals surface area contributed by atoms with E-state index in [9.17, 15) is 9.50 Å². The summed E-state index contributed by atoms with van der Waals surface area (Å²) in [5, 5.41) is 14.6. The van der Waals surface area contributed by atoms with Crippen molar-refractivity contribution in [3.8, 4) is 5.75 Å². The molecule has 2 aromatic rings. The standard InChI is InChI=1S/C24H29FN2O4/c1-3-11-30-17-21(28)15-27(14-18-5-4-6-22(12-18)29-2)16-23-13-24(26-31-23)19-7-9-20(25)10-8-19/h3-10,12,21,23,28H,1,11,13-17H2,2H3. The van der Waals surface area contributed by atoms with Gasteiger partial charge in [0.15, 0.2) is 0 Å². The summed E-state index contributed by atoms with van der Waals surface area (Å²) < 4.78 is 23.9. The van der Waals surface area contributed by atoms with Gasteiger partial charge in [0.05, 0.1) is 32.1 Å². The van der Waals surface area contributed by atoms with Crippen LogP contribution in [0.5, 0.6) is 5.75 Å². The monoisotopic (exact) mass is 428 g/mol. The van der Waals surface area contributed by atoms with E-state index in [1.54, 1.807) is 25.3 Å². The minimum absolute atomic E-state index is 0.160. The first-order valence-electron chi connectivity index (χ1n) is 10.3. The lowest BCUT2D eigenvalue weighted by atomic mass is 10.0. The Morgan fingerprint density at radius 2 is 2.13 bits per heavy atom. The highest BCUT2D eigenvalue weighted by Gasteiger charge is 2.26. The van der Waals surface area contributed by atoms with Gasteiger partial charge in [0.25, 0.3) is 0 Å². The van der Waals surface area contributed by atoms with Gasteiger partial charge < -0.3 is 19.4 Å². The molecule has 1 aliphatic heterocycles. The van der Waals surface area contributed by atoms with Gasteiger partial charge in [-0.2, -0.15) is 0 Å². The SMILES string of the molecule is C=CCOCC(O)CN(Cc1cccc(OC)c1)CC1CC(c2ccc(F)cc2)=NO1. The van der Waals surface area contributed by atoms with Crippen LogP contribution in [-0.2, 0) is 16.1 Å². The topological polar surface area (TPSA) is 63.5 Å². The zero-order valence-corrected chi connectivity index (χ0v) is 17.7. The fraction of sp³-hybridized carbons (Fsp3) is 0.375. The molecule has 3 rings (SSSR count). The lowest BCUT2D eigenvalue weighted by Gasteiger charge is -2.27. The number of hydrogen-bond acceptors (Lipinski definition) is 6. The van der Waals surface area contributed by atoms with E-state index in [1.807, 2.05) is 24.3 Å². The third kappa shape index (κ3) is 7.17. The number of methoxy groups -OCH3 is 1. The number of aliphatic hydroxyl groups is 1. The van der Waals surface area contributed by atoms with E-state index in [0.29, 0.717) is 32.7 Å². The molecule has 1 N–H and O–H groups in total. The molecule has 0 aliphatic carbocycles. The normalized spacial score (nSPS) is 16.6. The van der Waals surface area contributed by atoms with Crippen molar-refractivity contribution < 1.29 is 23.8 Å². The number of hydrogen-bond donors (Lipinski definition) is 1. The maximum atomic E-state index is 13.2. The molecule has 7 heteroatoms. The highest BCUT2D eigenvalue weighted by molar-refractivity contribution is 6.01. The first-order chi connectivity index (χ1) is 15.1. The van der Waals surface area contributed by atoms with E-state index in [4.69, 9.17) is 14.3 Å². The van der Waals surface area contributed by atoms with E-state index in [-0.39, 0.29) is 18.5 Å². The van der Waals surface area contributed by atoms with Gasteiger partial charge >= 0.3 is 0 Å². The number of benzene rings is 2. The molecule has 31 heavy (non-hydrogen) atoms. The molecule has 2 unspecified atom stereocenters. The fourth-order valence-corrected chi connectivity index (χ4v) is 3.50. The molecule has 0 radical (unpaired) electrons. The predicted molar refractivity (Wildman–Crippen MR) is 118 cm³/mol. The number of halogens is 1. The van der Waals surface area contributed by atoms with Gasteiger partial charge in [0.1, 0.15) is 17.7 Å². The first kappa shape index (κ1) is 22.9. The van der Waals surface area contributed by atoms with Crippen molar-refractivity contribution in [2.75, 3.05) is 33.4 Å². The number of nitrogens with zero attached hydrogens (tertiary/aromatic N) is 2. The number of rotatable bonds is 12. The second-order valence-electron chi connectivity index (χ2n) is 7.50.